The minimum absolute atomic E-state index is 0.0357. The first-order chi connectivity index (χ1) is 21.8. The SMILES string of the molecule is C[C@@H]([C@H](O)c1ccccc1)N(C)C[C@@H]1C[C@H](c2ccc(CO)cc2)O[C@H](c2cccc(NC(=O)CCCCCC(=O)NO)c2)O1. The molecular formula is C35H45N3O7. The Bertz CT molecular complexity index is 1350. The number of amides is 2. The molecule has 0 bridgehead atoms. The van der Waals surface area contributed by atoms with Crippen LogP contribution in [0.25, 0.3) is 0 Å². The molecule has 1 heterocycles. The van der Waals surface area contributed by atoms with Gasteiger partial charge in [-0.05, 0) is 55.6 Å². The maximum atomic E-state index is 12.6. The summed E-state index contributed by atoms with van der Waals surface area (Å²) in [7, 11) is 1.98. The number of rotatable bonds is 15. The van der Waals surface area contributed by atoms with Gasteiger partial charge in [0.05, 0.1) is 24.9 Å². The van der Waals surface area contributed by atoms with E-state index < -0.39 is 18.3 Å². The van der Waals surface area contributed by atoms with E-state index in [9.17, 15) is 19.8 Å². The number of aliphatic hydroxyl groups excluding tert-OH is 2. The first-order valence-corrected chi connectivity index (χ1v) is 15.5. The summed E-state index contributed by atoms with van der Waals surface area (Å²) in [6, 6.07) is 24.6. The van der Waals surface area contributed by atoms with Gasteiger partial charge in [-0.15, -0.1) is 0 Å². The zero-order chi connectivity index (χ0) is 32.2. The molecule has 0 aliphatic carbocycles. The van der Waals surface area contributed by atoms with Crippen molar-refractivity contribution in [1.29, 1.82) is 0 Å². The van der Waals surface area contributed by atoms with Gasteiger partial charge in [0.15, 0.2) is 6.29 Å². The lowest BCUT2D eigenvalue weighted by Crippen LogP contribution is -2.43. The summed E-state index contributed by atoms with van der Waals surface area (Å²) in [6.45, 7) is 2.52. The quantitative estimate of drug-likeness (QED) is 0.0892. The Balaban J connectivity index is 1.44. The predicted molar refractivity (Wildman–Crippen MR) is 170 cm³/mol. The Morgan fingerprint density at radius 2 is 1.62 bits per heavy atom. The minimum atomic E-state index is -0.691. The summed E-state index contributed by atoms with van der Waals surface area (Å²) < 4.78 is 13.0. The maximum absolute atomic E-state index is 12.6. The van der Waals surface area contributed by atoms with Crippen LogP contribution in [0.4, 0.5) is 5.69 Å². The Morgan fingerprint density at radius 1 is 0.911 bits per heavy atom. The van der Waals surface area contributed by atoms with Gasteiger partial charge in [0.2, 0.25) is 11.8 Å². The highest BCUT2D eigenvalue weighted by atomic mass is 16.7. The number of ether oxygens (including phenoxy) is 2. The Hall–Kier alpha value is -3.64. The predicted octanol–water partition coefficient (Wildman–Crippen LogP) is 5.17. The molecule has 3 aromatic carbocycles. The largest absolute Gasteiger partial charge is 0.392 e. The van der Waals surface area contributed by atoms with Crippen molar-refractivity contribution >= 4 is 17.5 Å². The van der Waals surface area contributed by atoms with E-state index in [1.807, 2.05) is 92.8 Å². The molecule has 0 unspecified atom stereocenters. The molecule has 10 nitrogen and oxygen atoms in total. The molecule has 5 N–H and O–H groups in total. The van der Waals surface area contributed by atoms with Crippen molar-refractivity contribution in [3.63, 3.8) is 0 Å². The van der Waals surface area contributed by atoms with Gasteiger partial charge in [-0.2, -0.15) is 0 Å². The highest BCUT2D eigenvalue weighted by molar-refractivity contribution is 5.90. The van der Waals surface area contributed by atoms with Crippen LogP contribution < -0.4 is 10.8 Å². The van der Waals surface area contributed by atoms with Gasteiger partial charge in [-0.3, -0.25) is 19.7 Å². The van der Waals surface area contributed by atoms with Gasteiger partial charge in [-0.25, -0.2) is 5.48 Å². The standard InChI is InChI=1S/C35H45N3O7/c1-24(34(42)27-10-5-3-6-11-27)38(2)22-30-21-31(26-18-16-25(23-39)17-19-26)45-35(44-30)28-12-9-13-29(20-28)36-32(40)14-7-4-8-15-33(41)37-43/h3,5-6,9-13,16-20,24,30-31,34-35,39,42-43H,4,7-8,14-15,21-23H2,1-2H3,(H,36,40)(H,37,41)/t24-,30-,31+,34-,35+/m0/s1. The molecule has 1 fully saturated rings. The zero-order valence-electron chi connectivity index (χ0n) is 26.0. The summed E-state index contributed by atoms with van der Waals surface area (Å²) >= 11 is 0. The first kappa shape index (κ1) is 34.2. The Labute approximate surface area is 264 Å². The molecule has 10 heteroatoms. The van der Waals surface area contributed by atoms with E-state index in [1.165, 1.54) is 0 Å². The van der Waals surface area contributed by atoms with E-state index in [0.717, 1.165) is 22.3 Å². The summed E-state index contributed by atoms with van der Waals surface area (Å²) in [5.74, 6) is -0.558. The van der Waals surface area contributed by atoms with E-state index in [2.05, 4.69) is 10.2 Å². The molecule has 5 atom stereocenters. The third-order valence-electron chi connectivity index (χ3n) is 8.27. The number of anilines is 1. The molecule has 1 saturated heterocycles. The number of nitrogens with zero attached hydrogens (tertiary/aromatic N) is 1. The van der Waals surface area contributed by atoms with Gasteiger partial charge in [0.25, 0.3) is 0 Å². The molecule has 45 heavy (non-hydrogen) atoms. The molecule has 4 rings (SSSR count). The average molecular weight is 620 g/mol. The van der Waals surface area contributed by atoms with Crippen LogP contribution in [0, 0.1) is 0 Å². The van der Waals surface area contributed by atoms with E-state index in [-0.39, 0.29) is 37.2 Å². The third kappa shape index (κ3) is 10.2. The van der Waals surface area contributed by atoms with Crippen molar-refractivity contribution in [1.82, 2.24) is 10.4 Å². The fourth-order valence-electron chi connectivity index (χ4n) is 5.48. The molecular weight excluding hydrogens is 574 g/mol. The van der Waals surface area contributed by atoms with Crippen molar-refractivity contribution in [3.05, 3.63) is 101 Å². The number of hydroxylamine groups is 1. The number of carbonyl (C=O) groups is 2. The fraction of sp³-hybridized carbons (Fsp3) is 0.429. The summed E-state index contributed by atoms with van der Waals surface area (Å²) in [6.07, 6.45) is 1.22. The van der Waals surface area contributed by atoms with Gasteiger partial charge in [-0.1, -0.05) is 73.2 Å². The number of likely N-dealkylation sites (N-methyl/N-ethyl adjacent to an activating group) is 1. The minimum Gasteiger partial charge on any atom is -0.392 e. The zero-order valence-corrected chi connectivity index (χ0v) is 26.0. The van der Waals surface area contributed by atoms with Crippen molar-refractivity contribution in [2.45, 2.75) is 82.7 Å². The second-order valence-corrected chi connectivity index (χ2v) is 11.7. The van der Waals surface area contributed by atoms with E-state index in [1.54, 1.807) is 5.48 Å². The molecule has 2 amide bonds. The summed E-state index contributed by atoms with van der Waals surface area (Å²) in [4.78, 5) is 25.8. The molecule has 242 valence electrons. The Morgan fingerprint density at radius 3 is 2.31 bits per heavy atom. The fourth-order valence-corrected chi connectivity index (χ4v) is 5.48. The van der Waals surface area contributed by atoms with E-state index >= 15 is 0 Å². The van der Waals surface area contributed by atoms with Crippen molar-refractivity contribution < 1.29 is 34.5 Å². The number of carbonyl (C=O) groups excluding carboxylic acids is 2. The number of benzene rings is 3. The number of nitrogens with one attached hydrogen (secondary N) is 2. The molecule has 1 aliphatic heterocycles. The molecule has 0 radical (unpaired) electrons. The average Bonchev–Trinajstić information content (AvgIpc) is 3.07. The second kappa shape index (κ2) is 17.2. The lowest BCUT2D eigenvalue weighted by molar-refractivity contribution is -0.253. The first-order valence-electron chi connectivity index (χ1n) is 15.5. The number of unbranched alkanes of at least 4 members (excludes halogenated alkanes) is 2. The van der Waals surface area contributed by atoms with Crippen LogP contribution in [-0.2, 0) is 25.7 Å². The normalized spacial score (nSPS) is 19.6. The van der Waals surface area contributed by atoms with Crippen LogP contribution in [0.2, 0.25) is 0 Å². The summed E-state index contributed by atoms with van der Waals surface area (Å²) in [5.41, 5.74) is 5.67. The monoisotopic (exact) mass is 619 g/mol. The van der Waals surface area contributed by atoms with E-state index in [4.69, 9.17) is 14.7 Å². The smallest absolute Gasteiger partial charge is 0.243 e. The van der Waals surface area contributed by atoms with Crippen molar-refractivity contribution in [3.8, 4) is 0 Å². The number of hydrogen-bond acceptors (Lipinski definition) is 8. The number of hydrogen-bond donors (Lipinski definition) is 5. The van der Waals surface area contributed by atoms with Gasteiger partial charge in [0, 0.05) is 43.1 Å². The second-order valence-electron chi connectivity index (χ2n) is 11.7. The van der Waals surface area contributed by atoms with Crippen LogP contribution in [0.5, 0.6) is 0 Å². The van der Waals surface area contributed by atoms with Crippen LogP contribution in [0.1, 0.15) is 86.2 Å². The van der Waals surface area contributed by atoms with Crippen molar-refractivity contribution in [2.75, 3.05) is 18.9 Å². The van der Waals surface area contributed by atoms with Crippen molar-refractivity contribution in [2.24, 2.45) is 0 Å². The van der Waals surface area contributed by atoms with Gasteiger partial charge >= 0.3 is 0 Å². The molecule has 0 saturated carbocycles. The van der Waals surface area contributed by atoms with Crippen LogP contribution >= 0.6 is 0 Å². The molecule has 0 spiro atoms. The topological polar surface area (TPSA) is 141 Å². The highest BCUT2D eigenvalue weighted by Gasteiger charge is 2.34. The van der Waals surface area contributed by atoms with Gasteiger partial charge < -0.3 is 25.0 Å². The van der Waals surface area contributed by atoms with Gasteiger partial charge in [0.1, 0.15) is 0 Å². The third-order valence-corrected chi connectivity index (χ3v) is 8.27. The molecule has 1 aliphatic rings. The van der Waals surface area contributed by atoms with Crippen LogP contribution in [-0.4, -0.2) is 57.9 Å². The summed E-state index contributed by atoms with van der Waals surface area (Å²) in [5, 5.41) is 32.1. The molecule has 0 aromatic heterocycles. The van der Waals surface area contributed by atoms with Crippen LogP contribution in [0.15, 0.2) is 78.9 Å². The highest BCUT2D eigenvalue weighted by Crippen LogP contribution is 2.39. The maximum Gasteiger partial charge on any atom is 0.243 e. The van der Waals surface area contributed by atoms with E-state index in [0.29, 0.717) is 44.3 Å². The lowest BCUT2D eigenvalue weighted by atomic mass is 9.98. The van der Waals surface area contributed by atoms with Crippen LogP contribution in [0.3, 0.4) is 0 Å². The number of aliphatic hydroxyl groups is 2. The molecule has 3 aromatic rings. The lowest BCUT2D eigenvalue weighted by Gasteiger charge is -2.39. The Kier molecular flexibility index (Phi) is 13.1.